The molecule has 4 rings (SSSR count). The van der Waals surface area contributed by atoms with Gasteiger partial charge < -0.3 is 14.3 Å². The van der Waals surface area contributed by atoms with Crippen LogP contribution in [-0.4, -0.2) is 27.1 Å². The molecule has 0 bridgehead atoms. The van der Waals surface area contributed by atoms with Crippen molar-refractivity contribution in [1.82, 2.24) is 0 Å². The SMILES string of the molecule is CC(C)(C)[Si](C)(C)O[C@H](CCC([C@H](O)c1ccc(Br)cc1OCc1ccccc1)S(=O)(=O)Nc1ccccc1)c1ccc(F)cc1. The van der Waals surface area contributed by atoms with Gasteiger partial charge in [0.05, 0.1) is 6.10 Å². The van der Waals surface area contributed by atoms with Gasteiger partial charge in [0.2, 0.25) is 10.0 Å². The van der Waals surface area contributed by atoms with Gasteiger partial charge in [-0.3, -0.25) is 4.72 Å². The Balaban J connectivity index is 1.71. The fourth-order valence-electron chi connectivity index (χ4n) is 4.86. The second-order valence-electron chi connectivity index (χ2n) is 12.9. The maximum Gasteiger partial charge on any atom is 0.238 e. The number of halogens is 2. The first-order valence-corrected chi connectivity index (χ1v) is 20.6. The first kappa shape index (κ1) is 35.8. The van der Waals surface area contributed by atoms with Gasteiger partial charge >= 0.3 is 0 Å². The number of benzene rings is 4. The summed E-state index contributed by atoms with van der Waals surface area (Å²) in [6.07, 6.45) is -1.64. The molecule has 0 radical (unpaired) electrons. The van der Waals surface area contributed by atoms with Crippen LogP contribution in [0.5, 0.6) is 5.75 Å². The minimum absolute atomic E-state index is 0.0498. The summed E-state index contributed by atoms with van der Waals surface area (Å²) < 4.78 is 58.5. The Labute approximate surface area is 282 Å². The van der Waals surface area contributed by atoms with Crippen LogP contribution >= 0.6 is 15.9 Å². The standard InChI is InChI=1S/C36H43BrFNO5SSi/c1-36(2,3)46(4,5)44-32(27-16-19-29(38)20-17-27)22-23-34(45(41,42)39-30-14-10-7-11-15-30)35(40)31-21-18-28(37)24-33(31)43-25-26-12-8-6-9-13-26/h6-21,24,32,34-35,39-40H,22-23,25H2,1-5H3/t32-,34?,35-/m1/s1. The van der Waals surface area contributed by atoms with Gasteiger partial charge in [-0.05, 0) is 78.5 Å². The lowest BCUT2D eigenvalue weighted by Gasteiger charge is -2.40. The van der Waals surface area contributed by atoms with Gasteiger partial charge in [-0.1, -0.05) is 103 Å². The van der Waals surface area contributed by atoms with Crippen molar-refractivity contribution < 1.29 is 27.1 Å². The minimum Gasteiger partial charge on any atom is -0.488 e. The highest BCUT2D eigenvalue weighted by Gasteiger charge is 2.41. The summed E-state index contributed by atoms with van der Waals surface area (Å²) in [5.74, 6) is 0.00859. The first-order valence-electron chi connectivity index (χ1n) is 15.3. The van der Waals surface area contributed by atoms with E-state index < -0.39 is 35.8 Å². The normalized spacial score (nSPS) is 14.3. The molecule has 246 valence electrons. The van der Waals surface area contributed by atoms with Crippen molar-refractivity contribution in [3.8, 4) is 5.75 Å². The van der Waals surface area contributed by atoms with Crippen molar-refractivity contribution in [3.63, 3.8) is 0 Å². The van der Waals surface area contributed by atoms with Gasteiger partial charge in [0, 0.05) is 15.7 Å². The topological polar surface area (TPSA) is 84.9 Å². The minimum atomic E-state index is -4.14. The molecule has 4 aromatic rings. The van der Waals surface area contributed by atoms with Gasteiger partial charge in [-0.2, -0.15) is 0 Å². The molecule has 0 saturated carbocycles. The lowest BCUT2D eigenvalue weighted by Crippen LogP contribution is -2.42. The highest BCUT2D eigenvalue weighted by Crippen LogP contribution is 2.42. The molecular formula is C36H43BrFNO5SSi. The molecule has 0 spiro atoms. The highest BCUT2D eigenvalue weighted by atomic mass is 79.9. The molecule has 0 fully saturated rings. The number of hydrogen-bond acceptors (Lipinski definition) is 5. The second kappa shape index (κ2) is 15.3. The Bertz CT molecular complexity index is 1670. The molecule has 46 heavy (non-hydrogen) atoms. The molecule has 3 atom stereocenters. The number of anilines is 1. The third-order valence-electron chi connectivity index (χ3n) is 8.51. The average Bonchev–Trinajstić information content (AvgIpc) is 3.00. The van der Waals surface area contributed by atoms with E-state index in [4.69, 9.17) is 9.16 Å². The van der Waals surface area contributed by atoms with Crippen LogP contribution in [0.15, 0.2) is 108 Å². The van der Waals surface area contributed by atoms with Crippen LogP contribution in [-0.2, 0) is 21.1 Å². The van der Waals surface area contributed by atoms with E-state index >= 15 is 0 Å². The zero-order chi connectivity index (χ0) is 33.5. The lowest BCUT2D eigenvalue weighted by molar-refractivity contribution is 0.138. The molecule has 10 heteroatoms. The number of sulfonamides is 1. The number of nitrogens with one attached hydrogen (secondary N) is 1. The van der Waals surface area contributed by atoms with E-state index in [2.05, 4.69) is 54.5 Å². The Morgan fingerprint density at radius 3 is 2.11 bits per heavy atom. The van der Waals surface area contributed by atoms with Crippen molar-refractivity contribution in [2.75, 3.05) is 4.72 Å². The number of ether oxygens (including phenoxy) is 1. The molecule has 2 N–H and O–H groups in total. The molecule has 0 aliphatic heterocycles. The predicted molar refractivity (Wildman–Crippen MR) is 189 cm³/mol. The van der Waals surface area contributed by atoms with Gasteiger partial charge in [-0.15, -0.1) is 0 Å². The maximum absolute atomic E-state index is 14.1. The van der Waals surface area contributed by atoms with Crippen LogP contribution in [0, 0.1) is 5.82 Å². The van der Waals surface area contributed by atoms with Crippen LogP contribution in [0.1, 0.15) is 62.5 Å². The molecule has 0 saturated heterocycles. The molecular weight excluding hydrogens is 685 g/mol. The van der Waals surface area contributed by atoms with E-state index in [9.17, 15) is 17.9 Å². The smallest absolute Gasteiger partial charge is 0.238 e. The summed E-state index contributed by atoms with van der Waals surface area (Å²) in [7, 11) is -6.48. The zero-order valence-corrected chi connectivity index (χ0v) is 30.3. The fourth-order valence-corrected chi connectivity index (χ4v) is 8.07. The number of rotatable bonds is 14. The van der Waals surface area contributed by atoms with Gasteiger partial charge in [0.1, 0.15) is 29.5 Å². The maximum atomic E-state index is 14.1. The summed E-state index contributed by atoms with van der Waals surface area (Å²) in [6, 6.07) is 29.5. The van der Waals surface area contributed by atoms with Crippen molar-refractivity contribution in [1.29, 1.82) is 0 Å². The molecule has 0 aromatic heterocycles. The summed E-state index contributed by atoms with van der Waals surface area (Å²) in [5.41, 5.74) is 2.43. The van der Waals surface area contributed by atoms with E-state index in [0.717, 1.165) is 15.6 Å². The van der Waals surface area contributed by atoms with Crippen LogP contribution in [0.3, 0.4) is 0 Å². The van der Waals surface area contributed by atoms with E-state index in [1.54, 1.807) is 60.7 Å². The molecule has 0 aliphatic carbocycles. The van der Waals surface area contributed by atoms with E-state index in [0.29, 0.717) is 17.0 Å². The quantitative estimate of drug-likeness (QED) is 0.126. The summed E-state index contributed by atoms with van der Waals surface area (Å²) in [5, 5.41) is 10.6. The number of aliphatic hydroxyl groups excluding tert-OH is 1. The summed E-state index contributed by atoms with van der Waals surface area (Å²) >= 11 is 3.49. The Morgan fingerprint density at radius 2 is 1.50 bits per heavy atom. The average molecular weight is 729 g/mol. The largest absolute Gasteiger partial charge is 0.488 e. The Hall–Kier alpha value is -3.02. The lowest BCUT2D eigenvalue weighted by atomic mass is 9.98. The molecule has 1 unspecified atom stereocenters. The van der Waals surface area contributed by atoms with E-state index in [-0.39, 0.29) is 30.3 Å². The van der Waals surface area contributed by atoms with Gasteiger partial charge in [-0.25, -0.2) is 12.8 Å². The zero-order valence-electron chi connectivity index (χ0n) is 26.9. The molecule has 0 aliphatic rings. The highest BCUT2D eigenvalue weighted by molar-refractivity contribution is 9.10. The Kier molecular flexibility index (Phi) is 11.9. The second-order valence-corrected chi connectivity index (χ2v) is 20.5. The third kappa shape index (κ3) is 9.51. The van der Waals surface area contributed by atoms with Crippen molar-refractivity contribution >= 4 is 40.0 Å². The molecule has 0 heterocycles. The molecule has 6 nitrogen and oxygen atoms in total. The van der Waals surface area contributed by atoms with Crippen LogP contribution in [0.2, 0.25) is 18.1 Å². The number of hydrogen-bond donors (Lipinski definition) is 2. The number of para-hydroxylation sites is 1. The molecule has 0 amide bonds. The first-order chi connectivity index (χ1) is 21.7. The van der Waals surface area contributed by atoms with Crippen LogP contribution in [0.4, 0.5) is 10.1 Å². The summed E-state index contributed by atoms with van der Waals surface area (Å²) in [6.45, 7) is 10.9. The molecule has 4 aromatic carbocycles. The number of aliphatic hydroxyl groups is 1. The van der Waals surface area contributed by atoms with E-state index in [1.165, 1.54) is 12.1 Å². The summed E-state index contributed by atoms with van der Waals surface area (Å²) in [4.78, 5) is 0. The third-order valence-corrected chi connectivity index (χ3v) is 15.3. The van der Waals surface area contributed by atoms with Gasteiger partial charge in [0.25, 0.3) is 0 Å². The van der Waals surface area contributed by atoms with Gasteiger partial charge in [0.15, 0.2) is 8.32 Å². The Morgan fingerprint density at radius 1 is 0.891 bits per heavy atom. The van der Waals surface area contributed by atoms with Crippen molar-refractivity contribution in [2.45, 2.75) is 75.8 Å². The van der Waals surface area contributed by atoms with Crippen molar-refractivity contribution in [3.05, 3.63) is 130 Å². The fraction of sp³-hybridized carbons (Fsp3) is 0.333. The van der Waals surface area contributed by atoms with E-state index in [1.807, 2.05) is 30.3 Å². The predicted octanol–water partition coefficient (Wildman–Crippen LogP) is 9.55. The van der Waals surface area contributed by atoms with Crippen LogP contribution in [0.25, 0.3) is 0 Å². The van der Waals surface area contributed by atoms with Crippen molar-refractivity contribution in [2.24, 2.45) is 0 Å². The van der Waals surface area contributed by atoms with Crippen LogP contribution < -0.4 is 9.46 Å². The monoisotopic (exact) mass is 727 g/mol.